The van der Waals surface area contributed by atoms with Gasteiger partial charge < -0.3 is 10.5 Å². The summed E-state index contributed by atoms with van der Waals surface area (Å²) >= 11 is 1.04. The molecule has 0 aromatic heterocycles. The monoisotopic (exact) mass is 272 g/mol. The van der Waals surface area contributed by atoms with Crippen molar-refractivity contribution in [3.8, 4) is 0 Å². The Morgan fingerprint density at radius 3 is 2.89 bits per heavy atom. The minimum atomic E-state index is -0.796. The highest BCUT2D eigenvalue weighted by Gasteiger charge is 2.10. The Labute approximate surface area is 108 Å². The van der Waals surface area contributed by atoms with E-state index in [2.05, 4.69) is 4.74 Å². The smallest absolute Gasteiger partial charge is 0.413 e. The first-order valence-corrected chi connectivity index (χ1v) is 6.16. The van der Waals surface area contributed by atoms with Crippen molar-refractivity contribution in [1.82, 2.24) is 5.32 Å². The second-order valence-corrected chi connectivity index (χ2v) is 4.26. The van der Waals surface area contributed by atoms with E-state index in [0.717, 1.165) is 11.8 Å². The maximum Gasteiger partial charge on any atom is 0.413 e. The number of benzene rings is 1. The van der Waals surface area contributed by atoms with Crippen molar-refractivity contribution in [1.29, 1.82) is 0 Å². The lowest BCUT2D eigenvalue weighted by atomic mass is 10.3. The van der Waals surface area contributed by atoms with Gasteiger partial charge in [-0.3, -0.25) is 10.1 Å². The Bertz CT molecular complexity index is 454. The predicted octanol–water partition coefficient (Wildman–Crippen LogP) is 1.77. The molecule has 0 spiro atoms. The molecule has 18 heavy (non-hydrogen) atoms. The first-order valence-electron chi connectivity index (χ1n) is 5.17. The van der Waals surface area contributed by atoms with E-state index in [1.165, 1.54) is 18.2 Å². The number of imide groups is 1. The number of nitrogen functional groups attached to an aromatic ring is 1. The van der Waals surface area contributed by atoms with Crippen LogP contribution in [0.25, 0.3) is 0 Å². The predicted molar refractivity (Wildman–Crippen MR) is 66.7 cm³/mol. The number of amides is 2. The van der Waals surface area contributed by atoms with E-state index in [9.17, 15) is 14.0 Å². The van der Waals surface area contributed by atoms with Gasteiger partial charge in [0.05, 0.1) is 12.4 Å². The van der Waals surface area contributed by atoms with Crippen LogP contribution in [0.4, 0.5) is 14.9 Å². The van der Waals surface area contributed by atoms with Crippen LogP contribution in [0.2, 0.25) is 0 Å². The fraction of sp³-hybridized carbons (Fsp3) is 0.273. The summed E-state index contributed by atoms with van der Waals surface area (Å²) in [5, 5.41) is 2.03. The number of rotatable bonds is 4. The number of halogens is 1. The van der Waals surface area contributed by atoms with E-state index < -0.39 is 17.8 Å². The van der Waals surface area contributed by atoms with Gasteiger partial charge in [0.1, 0.15) is 5.82 Å². The van der Waals surface area contributed by atoms with E-state index in [1.807, 2.05) is 5.32 Å². The zero-order valence-electron chi connectivity index (χ0n) is 9.73. The Morgan fingerprint density at radius 2 is 2.22 bits per heavy atom. The molecule has 0 unspecified atom stereocenters. The lowest BCUT2D eigenvalue weighted by Gasteiger charge is -2.06. The van der Waals surface area contributed by atoms with Gasteiger partial charge in [0, 0.05) is 10.6 Å². The molecular weight excluding hydrogens is 259 g/mol. The highest BCUT2D eigenvalue weighted by atomic mass is 32.2. The van der Waals surface area contributed by atoms with Gasteiger partial charge in [-0.2, -0.15) is 0 Å². The van der Waals surface area contributed by atoms with Crippen LogP contribution in [-0.4, -0.2) is 24.4 Å². The van der Waals surface area contributed by atoms with Crippen LogP contribution >= 0.6 is 11.8 Å². The van der Waals surface area contributed by atoms with E-state index in [0.29, 0.717) is 10.6 Å². The SMILES string of the molecule is CCOC(=O)NC(=O)CSc1cc(F)ccc1N. The molecule has 98 valence electrons. The van der Waals surface area contributed by atoms with E-state index in [-0.39, 0.29) is 12.4 Å². The third-order valence-electron chi connectivity index (χ3n) is 1.85. The maximum atomic E-state index is 12.9. The molecular formula is C11H13FN2O3S. The molecule has 0 atom stereocenters. The van der Waals surface area contributed by atoms with Crippen LogP contribution in [0.3, 0.4) is 0 Å². The first kappa shape index (κ1) is 14.3. The Hall–Kier alpha value is -1.76. The molecule has 0 aliphatic rings. The number of ether oxygens (including phenoxy) is 1. The molecule has 0 bridgehead atoms. The van der Waals surface area contributed by atoms with Gasteiger partial charge in [-0.1, -0.05) is 0 Å². The van der Waals surface area contributed by atoms with Gasteiger partial charge in [-0.05, 0) is 25.1 Å². The number of hydrogen-bond acceptors (Lipinski definition) is 5. The van der Waals surface area contributed by atoms with Crippen LogP contribution in [0.1, 0.15) is 6.92 Å². The molecule has 0 aliphatic carbocycles. The second-order valence-electron chi connectivity index (χ2n) is 3.24. The Kier molecular flexibility index (Phi) is 5.44. The quantitative estimate of drug-likeness (QED) is 0.645. The van der Waals surface area contributed by atoms with Crippen molar-refractivity contribution in [2.75, 3.05) is 18.1 Å². The number of thioether (sulfide) groups is 1. The molecule has 0 saturated carbocycles. The highest BCUT2D eigenvalue weighted by Crippen LogP contribution is 2.25. The standard InChI is InChI=1S/C11H13FN2O3S/c1-2-17-11(16)14-10(15)6-18-9-5-7(12)3-4-8(9)13/h3-5H,2,6,13H2,1H3,(H,14,15,16). The zero-order chi connectivity index (χ0) is 13.5. The summed E-state index contributed by atoms with van der Waals surface area (Å²) in [4.78, 5) is 22.7. The molecule has 0 aliphatic heterocycles. The number of carbonyl (C=O) groups is 2. The Balaban J connectivity index is 2.47. The van der Waals surface area contributed by atoms with E-state index in [1.54, 1.807) is 6.92 Å². The molecule has 1 aromatic rings. The Morgan fingerprint density at radius 1 is 1.50 bits per heavy atom. The van der Waals surface area contributed by atoms with Crippen LogP contribution < -0.4 is 11.1 Å². The number of hydrogen-bond donors (Lipinski definition) is 2. The third-order valence-corrected chi connectivity index (χ3v) is 2.92. The van der Waals surface area contributed by atoms with Gasteiger partial charge in [0.15, 0.2) is 0 Å². The van der Waals surface area contributed by atoms with Crippen molar-refractivity contribution >= 4 is 29.4 Å². The van der Waals surface area contributed by atoms with Crippen molar-refractivity contribution in [2.24, 2.45) is 0 Å². The number of carbonyl (C=O) groups excluding carboxylic acids is 2. The van der Waals surface area contributed by atoms with Crippen molar-refractivity contribution in [3.63, 3.8) is 0 Å². The van der Waals surface area contributed by atoms with Crippen LogP contribution in [-0.2, 0) is 9.53 Å². The average molecular weight is 272 g/mol. The van der Waals surface area contributed by atoms with E-state index in [4.69, 9.17) is 5.73 Å². The van der Waals surface area contributed by atoms with Gasteiger partial charge in [0.2, 0.25) is 5.91 Å². The van der Waals surface area contributed by atoms with E-state index >= 15 is 0 Å². The molecule has 5 nitrogen and oxygen atoms in total. The summed E-state index contributed by atoms with van der Waals surface area (Å²) in [6, 6.07) is 3.89. The minimum Gasteiger partial charge on any atom is -0.450 e. The third kappa shape index (κ3) is 4.62. The average Bonchev–Trinajstić information content (AvgIpc) is 2.30. The highest BCUT2D eigenvalue weighted by molar-refractivity contribution is 8.00. The second kappa shape index (κ2) is 6.85. The summed E-state index contributed by atoms with van der Waals surface area (Å²) in [6.07, 6.45) is -0.796. The number of nitrogens with one attached hydrogen (secondary N) is 1. The fourth-order valence-corrected chi connectivity index (χ4v) is 1.88. The molecule has 0 saturated heterocycles. The van der Waals surface area contributed by atoms with Gasteiger partial charge in [0.25, 0.3) is 0 Å². The van der Waals surface area contributed by atoms with Crippen LogP contribution in [0.5, 0.6) is 0 Å². The number of nitrogens with two attached hydrogens (primary N) is 1. The van der Waals surface area contributed by atoms with Crippen molar-refractivity contribution in [3.05, 3.63) is 24.0 Å². The number of alkyl carbamates (subject to hydrolysis) is 1. The molecule has 1 aromatic carbocycles. The van der Waals surface area contributed by atoms with Crippen molar-refractivity contribution in [2.45, 2.75) is 11.8 Å². The normalized spacial score (nSPS) is 9.89. The minimum absolute atomic E-state index is 0.0491. The first-order chi connectivity index (χ1) is 8.52. The fourth-order valence-electron chi connectivity index (χ4n) is 1.09. The lowest BCUT2D eigenvalue weighted by molar-refractivity contribution is -0.117. The molecule has 2 amide bonds. The molecule has 0 radical (unpaired) electrons. The number of anilines is 1. The lowest BCUT2D eigenvalue weighted by Crippen LogP contribution is -2.32. The maximum absolute atomic E-state index is 12.9. The summed E-state index contributed by atoms with van der Waals surface area (Å²) in [5.74, 6) is -1.01. The summed E-state index contributed by atoms with van der Waals surface area (Å²) in [5.41, 5.74) is 5.99. The van der Waals surface area contributed by atoms with Gasteiger partial charge >= 0.3 is 6.09 Å². The zero-order valence-corrected chi connectivity index (χ0v) is 10.6. The van der Waals surface area contributed by atoms with Gasteiger partial charge in [-0.15, -0.1) is 11.8 Å². The summed E-state index contributed by atoms with van der Waals surface area (Å²) in [7, 11) is 0. The molecule has 0 heterocycles. The molecule has 7 heteroatoms. The summed E-state index contributed by atoms with van der Waals surface area (Å²) < 4.78 is 17.5. The van der Waals surface area contributed by atoms with Gasteiger partial charge in [-0.25, -0.2) is 9.18 Å². The van der Waals surface area contributed by atoms with Crippen LogP contribution in [0.15, 0.2) is 23.1 Å². The topological polar surface area (TPSA) is 81.4 Å². The molecule has 3 N–H and O–H groups in total. The van der Waals surface area contributed by atoms with Crippen molar-refractivity contribution < 1.29 is 18.7 Å². The van der Waals surface area contributed by atoms with Crippen LogP contribution in [0, 0.1) is 5.82 Å². The molecule has 0 fully saturated rings. The largest absolute Gasteiger partial charge is 0.450 e. The molecule has 1 rings (SSSR count). The summed E-state index contributed by atoms with van der Waals surface area (Å²) in [6.45, 7) is 1.81.